The fraction of sp³-hybridized carbons (Fsp3) is 0.348. The van der Waals surface area contributed by atoms with Gasteiger partial charge in [-0.3, -0.25) is 9.36 Å². The molecule has 1 atom stereocenters. The van der Waals surface area contributed by atoms with Crippen molar-refractivity contribution >= 4 is 16.9 Å². The maximum Gasteiger partial charge on any atom is 0.318 e. The molecule has 3 rings (SSSR count). The highest BCUT2D eigenvalue weighted by Gasteiger charge is 2.26. The van der Waals surface area contributed by atoms with E-state index in [0.717, 1.165) is 5.56 Å². The van der Waals surface area contributed by atoms with Gasteiger partial charge in [0.1, 0.15) is 5.82 Å². The molecule has 1 N–H and O–H groups in total. The van der Waals surface area contributed by atoms with Crippen LogP contribution < -0.4 is 10.9 Å². The summed E-state index contributed by atoms with van der Waals surface area (Å²) in [5.41, 5.74) is 1.50. The summed E-state index contributed by atoms with van der Waals surface area (Å²) in [6, 6.07) is 16.4. The Hall–Kier alpha value is -3.19. The Morgan fingerprint density at radius 3 is 2.57 bits per heavy atom. The Bertz CT molecular complexity index is 1050. The van der Waals surface area contributed by atoms with Crippen LogP contribution in [0.4, 0.5) is 4.79 Å². The number of fused-ring (bicyclic) bond motifs is 1. The third-order valence-electron chi connectivity index (χ3n) is 5.04. The third-order valence-corrected chi connectivity index (χ3v) is 5.04. The highest BCUT2D eigenvalue weighted by molar-refractivity contribution is 5.78. The lowest BCUT2D eigenvalue weighted by molar-refractivity contribution is 0.130. The largest absolute Gasteiger partial charge is 0.383 e. The second-order valence-electron chi connectivity index (χ2n) is 7.06. The first-order valence-corrected chi connectivity index (χ1v) is 10.1. The minimum absolute atomic E-state index is 0.117. The van der Waals surface area contributed by atoms with Crippen LogP contribution in [0, 0.1) is 0 Å². The fourth-order valence-electron chi connectivity index (χ4n) is 3.48. The molecular formula is C23H28N4O3. The van der Waals surface area contributed by atoms with Gasteiger partial charge in [0, 0.05) is 20.2 Å². The molecule has 0 aliphatic heterocycles. The number of nitrogens with one attached hydrogen (secondary N) is 1. The van der Waals surface area contributed by atoms with E-state index in [0.29, 0.717) is 43.0 Å². The summed E-state index contributed by atoms with van der Waals surface area (Å²) < 4.78 is 6.86. The molecule has 2 aromatic carbocycles. The molecule has 0 aliphatic carbocycles. The van der Waals surface area contributed by atoms with Gasteiger partial charge >= 0.3 is 6.03 Å². The zero-order valence-corrected chi connectivity index (χ0v) is 17.7. The second-order valence-corrected chi connectivity index (χ2v) is 7.06. The number of nitrogens with zero attached hydrogens (tertiary/aromatic N) is 3. The van der Waals surface area contributed by atoms with Crippen molar-refractivity contribution in [3.8, 4) is 0 Å². The van der Waals surface area contributed by atoms with E-state index < -0.39 is 6.04 Å². The van der Waals surface area contributed by atoms with Crippen molar-refractivity contribution in [3.05, 3.63) is 76.3 Å². The van der Waals surface area contributed by atoms with Crippen molar-refractivity contribution in [2.75, 3.05) is 26.8 Å². The van der Waals surface area contributed by atoms with E-state index in [1.54, 1.807) is 22.6 Å². The molecule has 7 heteroatoms. The highest BCUT2D eigenvalue weighted by atomic mass is 16.5. The maximum atomic E-state index is 13.4. The number of amides is 2. The fourth-order valence-corrected chi connectivity index (χ4v) is 3.48. The molecule has 0 bridgehead atoms. The van der Waals surface area contributed by atoms with E-state index in [2.05, 4.69) is 5.32 Å². The smallest absolute Gasteiger partial charge is 0.318 e. The first-order valence-electron chi connectivity index (χ1n) is 10.1. The van der Waals surface area contributed by atoms with Crippen LogP contribution >= 0.6 is 0 Å². The Kier molecular flexibility index (Phi) is 7.19. The topological polar surface area (TPSA) is 76.5 Å². The minimum Gasteiger partial charge on any atom is -0.383 e. The van der Waals surface area contributed by atoms with Gasteiger partial charge in [-0.05, 0) is 31.5 Å². The number of rotatable bonds is 8. The van der Waals surface area contributed by atoms with Gasteiger partial charge < -0.3 is 15.0 Å². The average Bonchev–Trinajstić information content (AvgIpc) is 2.76. The number of hydrogen-bond acceptors (Lipinski definition) is 4. The Morgan fingerprint density at radius 2 is 1.87 bits per heavy atom. The van der Waals surface area contributed by atoms with Crippen LogP contribution in [-0.2, 0) is 11.3 Å². The molecule has 7 nitrogen and oxygen atoms in total. The zero-order chi connectivity index (χ0) is 21.5. The quantitative estimate of drug-likeness (QED) is 0.621. The summed E-state index contributed by atoms with van der Waals surface area (Å²) in [7, 11) is 1.60. The lowest BCUT2D eigenvalue weighted by atomic mass is 10.1. The van der Waals surface area contributed by atoms with Gasteiger partial charge in [-0.2, -0.15) is 0 Å². The third kappa shape index (κ3) is 4.68. The number of aromatic nitrogens is 2. The van der Waals surface area contributed by atoms with Crippen LogP contribution in [0.15, 0.2) is 59.4 Å². The highest BCUT2D eigenvalue weighted by Crippen LogP contribution is 2.21. The van der Waals surface area contributed by atoms with Crippen molar-refractivity contribution < 1.29 is 9.53 Å². The van der Waals surface area contributed by atoms with Gasteiger partial charge in [0.25, 0.3) is 5.56 Å². The number of para-hydroxylation sites is 1. The second kappa shape index (κ2) is 10.0. The van der Waals surface area contributed by atoms with Gasteiger partial charge in [0.05, 0.1) is 30.1 Å². The summed E-state index contributed by atoms with van der Waals surface area (Å²) >= 11 is 0. The molecule has 1 heterocycles. The van der Waals surface area contributed by atoms with Gasteiger partial charge in [-0.1, -0.05) is 42.5 Å². The number of hydrogen-bond donors (Lipinski definition) is 1. The molecule has 30 heavy (non-hydrogen) atoms. The average molecular weight is 409 g/mol. The molecule has 0 fully saturated rings. The van der Waals surface area contributed by atoms with Crippen LogP contribution in [0.5, 0.6) is 0 Å². The lowest BCUT2D eigenvalue weighted by Crippen LogP contribution is -2.44. The van der Waals surface area contributed by atoms with E-state index in [1.807, 2.05) is 62.4 Å². The Balaban J connectivity index is 2.12. The molecule has 1 unspecified atom stereocenters. The maximum absolute atomic E-state index is 13.4. The molecule has 0 saturated carbocycles. The van der Waals surface area contributed by atoms with Crippen molar-refractivity contribution in [1.29, 1.82) is 0 Å². The van der Waals surface area contributed by atoms with Gasteiger partial charge in [0.2, 0.25) is 0 Å². The van der Waals surface area contributed by atoms with Crippen LogP contribution in [-0.4, -0.2) is 47.3 Å². The molecule has 3 aromatic rings. The first-order chi connectivity index (χ1) is 14.6. The standard InChI is InChI=1S/C23H28N4O3/c1-4-24-23(29)26(14-15-30-3)17(2)21-25-20-13-9-8-12-19(20)22(28)27(21)16-18-10-6-5-7-11-18/h5-13,17H,4,14-16H2,1-3H3,(H,24,29). The number of urea groups is 1. The number of carbonyl (C=O) groups is 1. The van der Waals surface area contributed by atoms with E-state index >= 15 is 0 Å². The number of methoxy groups -OCH3 is 1. The Labute approximate surface area is 176 Å². The molecule has 0 saturated heterocycles. The summed E-state index contributed by atoms with van der Waals surface area (Å²) in [5.74, 6) is 0.546. The summed E-state index contributed by atoms with van der Waals surface area (Å²) in [6.45, 7) is 5.43. The predicted molar refractivity (Wildman–Crippen MR) is 118 cm³/mol. The summed E-state index contributed by atoms with van der Waals surface area (Å²) in [4.78, 5) is 32.6. The van der Waals surface area contributed by atoms with E-state index in [9.17, 15) is 9.59 Å². The van der Waals surface area contributed by atoms with Crippen molar-refractivity contribution in [2.24, 2.45) is 0 Å². The normalized spacial score (nSPS) is 12.0. The molecule has 158 valence electrons. The molecule has 0 aliphatic rings. The molecule has 0 spiro atoms. The van der Waals surface area contributed by atoms with Gasteiger partial charge in [-0.25, -0.2) is 9.78 Å². The van der Waals surface area contributed by atoms with Crippen molar-refractivity contribution in [1.82, 2.24) is 19.8 Å². The van der Waals surface area contributed by atoms with Crippen molar-refractivity contribution in [3.63, 3.8) is 0 Å². The minimum atomic E-state index is -0.423. The predicted octanol–water partition coefficient (Wildman–Crippen LogP) is 3.18. The van der Waals surface area contributed by atoms with Gasteiger partial charge in [-0.15, -0.1) is 0 Å². The summed E-state index contributed by atoms with van der Waals surface area (Å²) in [6.07, 6.45) is 0. The monoisotopic (exact) mass is 408 g/mol. The number of benzene rings is 2. The van der Waals surface area contributed by atoms with Gasteiger partial charge in [0.15, 0.2) is 0 Å². The summed E-state index contributed by atoms with van der Waals surface area (Å²) in [5, 5.41) is 3.40. The molecule has 0 radical (unpaired) electrons. The zero-order valence-electron chi connectivity index (χ0n) is 17.7. The van der Waals surface area contributed by atoms with E-state index in [-0.39, 0.29) is 11.6 Å². The SMILES string of the molecule is CCNC(=O)N(CCOC)C(C)c1nc2ccccc2c(=O)n1Cc1ccccc1. The Morgan fingerprint density at radius 1 is 1.17 bits per heavy atom. The number of ether oxygens (including phenoxy) is 1. The van der Waals surface area contributed by atoms with E-state index in [4.69, 9.17) is 9.72 Å². The number of carbonyl (C=O) groups excluding carboxylic acids is 1. The molecular weight excluding hydrogens is 380 g/mol. The van der Waals surface area contributed by atoms with Crippen LogP contribution in [0.25, 0.3) is 10.9 Å². The lowest BCUT2D eigenvalue weighted by Gasteiger charge is -2.30. The van der Waals surface area contributed by atoms with Crippen LogP contribution in [0.2, 0.25) is 0 Å². The van der Waals surface area contributed by atoms with Crippen LogP contribution in [0.1, 0.15) is 31.3 Å². The van der Waals surface area contributed by atoms with Crippen molar-refractivity contribution in [2.45, 2.75) is 26.4 Å². The first kappa shape index (κ1) is 21.5. The molecule has 2 amide bonds. The van der Waals surface area contributed by atoms with E-state index in [1.165, 1.54) is 0 Å². The molecule has 1 aromatic heterocycles. The van der Waals surface area contributed by atoms with Crippen LogP contribution in [0.3, 0.4) is 0 Å².